The van der Waals surface area contributed by atoms with Crippen molar-refractivity contribution in [3.63, 3.8) is 0 Å². The molecule has 13 amide bonds. The van der Waals surface area contributed by atoms with Gasteiger partial charge >= 0.3 is 11.4 Å². The van der Waals surface area contributed by atoms with Crippen molar-refractivity contribution in [3.8, 4) is 0 Å². The Balaban J connectivity index is 0.797. The van der Waals surface area contributed by atoms with E-state index in [4.69, 9.17) is 45.9 Å². The third kappa shape index (κ3) is 36.2. The number of anilines is 2. The van der Waals surface area contributed by atoms with E-state index in [1.807, 2.05) is 0 Å². The van der Waals surface area contributed by atoms with Gasteiger partial charge in [-0.3, -0.25) is 101 Å². The summed E-state index contributed by atoms with van der Waals surface area (Å²) >= 11 is 0. The number of H-pyrrole nitrogens is 3. The molecule has 6 aromatic rings. The molecule has 145 heavy (non-hydrogen) atoms. The molecular formula is C96H151N31O18. The molecule has 0 spiro atoms. The van der Waals surface area contributed by atoms with Gasteiger partial charge in [0.1, 0.15) is 17.5 Å². The van der Waals surface area contributed by atoms with E-state index in [0.717, 1.165) is 12.8 Å². The number of carbonyl (C=O) groups excluding carboxylic acids is 13. The van der Waals surface area contributed by atoms with E-state index >= 15 is 4.79 Å². The molecule has 0 unspecified atom stereocenters. The Bertz CT molecular complexity index is 5710. The van der Waals surface area contributed by atoms with Crippen LogP contribution in [-0.2, 0) is 88.5 Å². The SMILES string of the molecule is Cc1cn(C[C@H](CC(=O)N[C@@H]2CCCC[C@H]2C(=O)NCCC(N)=O)NC(=O)C[C@@H](CCCCN)NC(=O)[C@@H]2CCCC[C@H]2NC(=O)C[C@@H](Cn2cnc3c(N)ncnc32)NC(=O)C[C@@H](CCCCN)NC(=O)[C@@H]2CCCC[C@H]2NC(=O)C[C@@H](Cn2ccc3c(=O)[nH]c(N)nc32)NC(=O)C[C@@H](CCCCN)NC(=O)[C@@H]2CCCC[C@H]2NC(=O)C[C@@H](Cn2cc(C)c(=O)[nH]c2=O)NC(=O)C[C@H](N)CCCCN)c(=O)[nH]c1=O. The molecule has 0 aliphatic heterocycles. The number of rotatable bonds is 58. The van der Waals surface area contributed by atoms with Crippen LogP contribution >= 0.6 is 0 Å². The van der Waals surface area contributed by atoms with Gasteiger partial charge in [-0.15, -0.1) is 0 Å². The summed E-state index contributed by atoms with van der Waals surface area (Å²) in [7, 11) is 0. The molecular weight excluding hydrogens is 1880 g/mol. The summed E-state index contributed by atoms with van der Waals surface area (Å²) in [5, 5.41) is 36.2. The van der Waals surface area contributed by atoms with Crippen LogP contribution in [0.1, 0.15) is 249 Å². The fourth-order valence-corrected chi connectivity index (χ4v) is 20.2. The minimum absolute atomic E-state index is 0.0199. The lowest BCUT2D eigenvalue weighted by Crippen LogP contribution is -2.53. The van der Waals surface area contributed by atoms with Crippen LogP contribution in [0.4, 0.5) is 11.8 Å². The highest BCUT2D eigenvalue weighted by Crippen LogP contribution is 2.31. The van der Waals surface area contributed by atoms with Crippen LogP contribution < -0.4 is 138 Å². The van der Waals surface area contributed by atoms with Crippen LogP contribution in [0, 0.1) is 37.5 Å². The van der Waals surface area contributed by atoms with Crippen molar-refractivity contribution in [2.75, 3.05) is 44.2 Å². The molecule has 10 rings (SSSR count). The van der Waals surface area contributed by atoms with Crippen molar-refractivity contribution in [1.29, 1.82) is 0 Å². The maximum Gasteiger partial charge on any atom is 0.328 e. The number of aryl methyl sites for hydroxylation is 2. The molecule has 4 fully saturated rings. The van der Waals surface area contributed by atoms with E-state index in [-0.39, 0.29) is 142 Å². The van der Waals surface area contributed by atoms with E-state index in [0.29, 0.717) is 192 Å². The molecule has 49 heteroatoms. The highest BCUT2D eigenvalue weighted by Gasteiger charge is 2.41. The van der Waals surface area contributed by atoms with Gasteiger partial charge in [0, 0.05) is 169 Å². The zero-order chi connectivity index (χ0) is 105. The first-order valence-corrected chi connectivity index (χ1v) is 51.3. The molecule has 6 aromatic heterocycles. The second-order valence-corrected chi connectivity index (χ2v) is 39.4. The van der Waals surface area contributed by atoms with Crippen LogP contribution in [-0.4, -0.2) is 235 Å². The van der Waals surface area contributed by atoms with E-state index in [2.05, 4.69) is 98.7 Å². The normalized spacial score (nSPS) is 19.6. The van der Waals surface area contributed by atoms with Gasteiger partial charge < -0.3 is 119 Å². The summed E-state index contributed by atoms with van der Waals surface area (Å²) in [6.45, 7) is 3.76. The van der Waals surface area contributed by atoms with Crippen LogP contribution in [0.2, 0.25) is 0 Å². The Morgan fingerprint density at radius 2 is 0.745 bits per heavy atom. The van der Waals surface area contributed by atoms with Crippen molar-refractivity contribution in [2.24, 2.45) is 58.1 Å². The average molecular weight is 2030 g/mol. The lowest BCUT2D eigenvalue weighted by atomic mass is 9.83. The fraction of sp³-hybridized carbons (Fsp3) is 0.667. The van der Waals surface area contributed by atoms with Gasteiger partial charge in [-0.05, 0) is 149 Å². The molecule has 798 valence electrons. The van der Waals surface area contributed by atoms with Gasteiger partial charge in [-0.1, -0.05) is 77.0 Å². The number of aromatic amines is 3. The Morgan fingerprint density at radius 1 is 0.393 bits per heavy atom. The Kier molecular flexibility index (Phi) is 45.1. The van der Waals surface area contributed by atoms with Gasteiger partial charge in [0.25, 0.3) is 16.7 Å². The number of amides is 13. The largest absolute Gasteiger partial charge is 0.382 e. The maximum absolute atomic E-state index is 15.0. The molecule has 0 bridgehead atoms. The van der Waals surface area contributed by atoms with Crippen LogP contribution in [0.25, 0.3) is 22.2 Å². The van der Waals surface area contributed by atoms with E-state index < -0.39 is 195 Å². The number of hydrogen-bond acceptors (Lipinski definition) is 29. The second-order valence-electron chi connectivity index (χ2n) is 39.4. The third-order valence-electron chi connectivity index (χ3n) is 27.6. The first-order chi connectivity index (χ1) is 69.5. The number of imidazole rings is 1. The molecule has 0 aromatic carbocycles. The van der Waals surface area contributed by atoms with Gasteiger partial charge in [0.2, 0.25) is 82.7 Å². The van der Waals surface area contributed by atoms with Crippen molar-refractivity contribution in [1.82, 2.24) is 117 Å². The van der Waals surface area contributed by atoms with Gasteiger partial charge in [-0.25, -0.2) is 24.5 Å². The number of aromatic nitrogens is 11. The van der Waals surface area contributed by atoms with E-state index in [1.165, 1.54) is 54.1 Å². The number of nitrogens with one attached hydrogen (secondary N) is 15. The summed E-state index contributed by atoms with van der Waals surface area (Å²) in [4.78, 5) is 273. The molecule has 4 aliphatic rings. The van der Waals surface area contributed by atoms with Gasteiger partial charge in [0.05, 0.1) is 59.6 Å². The average Bonchev–Trinajstić information content (AvgIpc) is 1.65. The first kappa shape index (κ1) is 114. The van der Waals surface area contributed by atoms with Crippen LogP contribution in [0.5, 0.6) is 0 Å². The number of hydrogen-bond donors (Lipinski definition) is 23. The van der Waals surface area contributed by atoms with E-state index in [1.54, 1.807) is 15.3 Å². The zero-order valence-electron chi connectivity index (χ0n) is 83.3. The number of fused-ring (bicyclic) bond motifs is 2. The van der Waals surface area contributed by atoms with Crippen molar-refractivity contribution >= 4 is 111 Å². The number of unbranched alkanes of at least 4 members (excludes halogenated alkanes) is 4. The topological polar surface area (TPSA) is 778 Å². The number of primary amides is 1. The van der Waals surface area contributed by atoms with Crippen LogP contribution in [0.3, 0.4) is 0 Å². The van der Waals surface area contributed by atoms with Crippen LogP contribution in [0.15, 0.2) is 61.3 Å². The maximum atomic E-state index is 15.0. The molecule has 6 heterocycles. The number of carbonyl (C=O) groups is 13. The summed E-state index contributed by atoms with van der Waals surface area (Å²) < 4.78 is 5.56. The Labute approximate surface area is 839 Å². The number of nitrogens with zero attached hydrogens (tertiary/aromatic N) is 8. The quantitative estimate of drug-likeness (QED) is 0.0175. The number of nitrogen functional groups attached to an aromatic ring is 2. The van der Waals surface area contributed by atoms with Gasteiger partial charge in [-0.2, -0.15) is 4.98 Å². The molecule has 31 N–H and O–H groups in total. The summed E-state index contributed by atoms with van der Waals surface area (Å²) in [6, 6.07) is -8.20. The predicted molar refractivity (Wildman–Crippen MR) is 539 cm³/mol. The van der Waals surface area contributed by atoms with Crippen molar-refractivity contribution in [3.05, 3.63) is 100 Å². The fourth-order valence-electron chi connectivity index (χ4n) is 20.2. The van der Waals surface area contributed by atoms with E-state index in [9.17, 15) is 81.5 Å². The summed E-state index contributed by atoms with van der Waals surface area (Å²) in [6.07, 6.45) is 18.8. The highest BCUT2D eigenvalue weighted by molar-refractivity contribution is 5.89. The summed E-state index contributed by atoms with van der Waals surface area (Å²) in [5.41, 5.74) is 45.4. The Hall–Kier alpha value is -13.2. The van der Waals surface area contributed by atoms with Crippen molar-refractivity contribution in [2.45, 2.75) is 350 Å². The predicted octanol–water partition coefficient (Wildman–Crippen LogP) is -2.50. The highest BCUT2D eigenvalue weighted by atomic mass is 16.2. The minimum Gasteiger partial charge on any atom is -0.382 e. The monoisotopic (exact) mass is 2030 g/mol. The van der Waals surface area contributed by atoms with Crippen molar-refractivity contribution < 1.29 is 62.3 Å². The Morgan fingerprint density at radius 3 is 1.13 bits per heavy atom. The molecule has 4 saturated carbocycles. The lowest BCUT2D eigenvalue weighted by molar-refractivity contribution is -0.132. The lowest BCUT2D eigenvalue weighted by Gasteiger charge is -2.33. The number of nitrogens with two attached hydrogens (primary N) is 8. The molecule has 0 radical (unpaired) electrons. The smallest absolute Gasteiger partial charge is 0.328 e. The summed E-state index contributed by atoms with van der Waals surface area (Å²) in [5.74, 6) is -9.73. The molecule has 0 saturated heterocycles. The minimum atomic E-state index is -1.06. The molecule has 4 aliphatic carbocycles. The van der Waals surface area contributed by atoms with Gasteiger partial charge in [0.15, 0.2) is 11.5 Å². The second kappa shape index (κ2) is 57.5. The molecule has 49 nitrogen and oxygen atoms in total. The zero-order valence-corrected chi connectivity index (χ0v) is 83.3. The first-order valence-electron chi connectivity index (χ1n) is 51.3. The standard InChI is InChI=1S/C96H151N31O18/c1-55-47-125(95(144)122-87(55)137)50-62(109-75(129)39-57(101)19-11-15-33-97)44-81(135)118-72-29-9-5-25-67(72)91(141)113-58(20-12-16-34-98)40-76(130)110-61(49-124-38-32-69-85(124)120-94(104)121-93(69)143)43-79(133)117-71-28-8-4-24-66(71)90(140)115-60(22-14-18-36-100)42-78(132)112-64(52-127-54-108-83-84(103)106-53-107-86(83)127)46-82(136)119-73-30-10-6-26-68(73)92(142)114-59(21-13-17-35-99)41-77(131)111-63(51-126-48-56(2)88(138)123-96(126)145)45-80(134)116-70-27-7-3-23-65(70)89(139)105-37-31-74(102)128/h32,38,47-48,53-54,57-68,70-73H,3-31,33-37,39-46,49-52,97-101H2,1-2H3,(H2,102,128)(H,105,139)(H,109,129)(H,110,130)(H,111,131)(H,112,132)(H,113,141)(H,114,142)(H,115,140)(H,116,134)(H,117,133)(H,118,135)(H,119,136)(H2,103,106,107)(H,122,137,144)(H,123,138,145)(H3,104,120,121,143)/t57-,58-,59-,60-,61+,62+,63+,64+,65-,66-,67-,68-,70-,71-,72-,73-/m1/s1. The third-order valence-corrected chi connectivity index (χ3v) is 27.6. The molecule has 16 atom stereocenters.